The third-order valence-corrected chi connectivity index (χ3v) is 2.81. The molecule has 1 heterocycles. The zero-order chi connectivity index (χ0) is 13.7. The van der Waals surface area contributed by atoms with Crippen molar-refractivity contribution in [1.82, 2.24) is 4.98 Å². The number of nitriles is 1. The van der Waals surface area contributed by atoms with Crippen LogP contribution in [-0.2, 0) is 0 Å². The summed E-state index contributed by atoms with van der Waals surface area (Å²) in [6.07, 6.45) is 2.46. The lowest BCUT2D eigenvalue weighted by atomic mass is 10.1. The van der Waals surface area contributed by atoms with Gasteiger partial charge in [0.2, 0.25) is 0 Å². The molecule has 0 aliphatic carbocycles. The fourth-order valence-corrected chi connectivity index (χ4v) is 1.66. The van der Waals surface area contributed by atoms with Crippen molar-refractivity contribution in [3.05, 3.63) is 53.9 Å². The van der Waals surface area contributed by atoms with Crippen LogP contribution in [0.3, 0.4) is 0 Å². The summed E-state index contributed by atoms with van der Waals surface area (Å²) in [4.78, 5) is 4.27. The Morgan fingerprint density at radius 2 is 2.11 bits per heavy atom. The lowest BCUT2D eigenvalue weighted by molar-refractivity contribution is 0.477. The van der Waals surface area contributed by atoms with Crippen molar-refractivity contribution in [2.75, 3.05) is 0 Å². The molecule has 1 aromatic heterocycles. The van der Waals surface area contributed by atoms with E-state index in [4.69, 9.17) is 15.7 Å². The van der Waals surface area contributed by atoms with Gasteiger partial charge in [-0.2, -0.15) is 5.26 Å². The van der Waals surface area contributed by atoms with Gasteiger partial charge in [0, 0.05) is 6.04 Å². The summed E-state index contributed by atoms with van der Waals surface area (Å²) in [5, 5.41) is 8.98. The highest BCUT2D eigenvalue weighted by molar-refractivity contribution is 5.44. The van der Waals surface area contributed by atoms with Crippen LogP contribution in [0.4, 0.5) is 0 Å². The molecule has 1 unspecified atom stereocenters. The van der Waals surface area contributed by atoms with Gasteiger partial charge in [-0.15, -0.1) is 0 Å². The minimum atomic E-state index is -0.0551. The van der Waals surface area contributed by atoms with Crippen molar-refractivity contribution in [3.8, 4) is 17.6 Å². The molecule has 4 heteroatoms. The molecule has 1 aromatic carbocycles. The van der Waals surface area contributed by atoms with Gasteiger partial charge in [-0.25, -0.2) is 0 Å². The van der Waals surface area contributed by atoms with Crippen molar-refractivity contribution in [1.29, 1.82) is 5.26 Å². The van der Waals surface area contributed by atoms with E-state index in [-0.39, 0.29) is 6.04 Å². The number of hydrogen-bond acceptors (Lipinski definition) is 4. The Hall–Kier alpha value is -2.38. The molecule has 0 bridgehead atoms. The highest BCUT2D eigenvalue weighted by Crippen LogP contribution is 2.24. The maximum Gasteiger partial charge on any atom is 0.145 e. The lowest BCUT2D eigenvalue weighted by Gasteiger charge is -2.10. The SMILES string of the molecule is CCC(N)c1ccc(Oc2ccccc2C#N)cn1. The van der Waals surface area contributed by atoms with Gasteiger partial charge in [0.15, 0.2) is 0 Å². The minimum Gasteiger partial charge on any atom is -0.454 e. The summed E-state index contributed by atoms with van der Waals surface area (Å²) in [6, 6.07) is 12.8. The number of pyridine rings is 1. The number of nitrogens with zero attached hydrogens (tertiary/aromatic N) is 2. The number of hydrogen-bond donors (Lipinski definition) is 1. The largest absolute Gasteiger partial charge is 0.454 e. The molecule has 1 atom stereocenters. The molecule has 2 rings (SSSR count). The quantitative estimate of drug-likeness (QED) is 0.908. The topological polar surface area (TPSA) is 71.9 Å². The molecule has 0 saturated heterocycles. The van der Waals surface area contributed by atoms with Crippen molar-refractivity contribution < 1.29 is 4.74 Å². The standard InChI is InChI=1S/C15H15N3O/c1-2-13(17)14-8-7-12(10-18-14)19-15-6-4-3-5-11(15)9-16/h3-8,10,13H,2,17H2,1H3. The molecular weight excluding hydrogens is 238 g/mol. The first-order valence-electron chi connectivity index (χ1n) is 6.13. The second-order valence-corrected chi connectivity index (χ2v) is 4.14. The maximum atomic E-state index is 8.98. The molecule has 96 valence electrons. The van der Waals surface area contributed by atoms with Crippen molar-refractivity contribution >= 4 is 0 Å². The zero-order valence-electron chi connectivity index (χ0n) is 10.7. The summed E-state index contributed by atoms with van der Waals surface area (Å²) in [7, 11) is 0. The van der Waals surface area contributed by atoms with Gasteiger partial charge in [-0.1, -0.05) is 19.1 Å². The van der Waals surface area contributed by atoms with Crippen molar-refractivity contribution in [2.45, 2.75) is 19.4 Å². The van der Waals surface area contributed by atoms with Crippen LogP contribution in [0.5, 0.6) is 11.5 Å². The van der Waals surface area contributed by atoms with Gasteiger partial charge >= 0.3 is 0 Å². The Kier molecular flexibility index (Phi) is 4.11. The molecule has 0 fully saturated rings. The first-order chi connectivity index (χ1) is 9.24. The summed E-state index contributed by atoms with van der Waals surface area (Å²) >= 11 is 0. The first kappa shape index (κ1) is 13.1. The average Bonchev–Trinajstić information content (AvgIpc) is 2.48. The Labute approximate surface area is 112 Å². The fraction of sp³-hybridized carbons (Fsp3) is 0.200. The molecule has 0 radical (unpaired) electrons. The predicted octanol–water partition coefficient (Wildman–Crippen LogP) is 3.16. The third kappa shape index (κ3) is 3.09. The predicted molar refractivity (Wildman–Crippen MR) is 72.7 cm³/mol. The summed E-state index contributed by atoms with van der Waals surface area (Å²) in [6.45, 7) is 2.01. The summed E-state index contributed by atoms with van der Waals surface area (Å²) < 4.78 is 5.64. The first-order valence-corrected chi connectivity index (χ1v) is 6.13. The van der Waals surface area contributed by atoms with Crippen molar-refractivity contribution in [3.63, 3.8) is 0 Å². The highest BCUT2D eigenvalue weighted by atomic mass is 16.5. The van der Waals surface area contributed by atoms with Crippen LogP contribution in [0.25, 0.3) is 0 Å². The number of para-hydroxylation sites is 1. The maximum absolute atomic E-state index is 8.98. The molecule has 0 aliphatic heterocycles. The Balaban J connectivity index is 2.18. The number of benzene rings is 1. The fourth-order valence-electron chi connectivity index (χ4n) is 1.66. The van der Waals surface area contributed by atoms with Crippen LogP contribution in [0.1, 0.15) is 30.6 Å². The van der Waals surface area contributed by atoms with E-state index in [1.165, 1.54) is 0 Å². The van der Waals surface area contributed by atoms with Crippen LogP contribution in [0.2, 0.25) is 0 Å². The number of rotatable bonds is 4. The van der Waals surface area contributed by atoms with Gasteiger partial charge in [0.25, 0.3) is 0 Å². The normalized spacial score (nSPS) is 11.6. The molecule has 4 nitrogen and oxygen atoms in total. The van der Waals surface area contributed by atoms with Crippen LogP contribution >= 0.6 is 0 Å². The van der Waals surface area contributed by atoms with E-state index in [0.29, 0.717) is 17.1 Å². The van der Waals surface area contributed by atoms with Gasteiger partial charge < -0.3 is 10.5 Å². The summed E-state index contributed by atoms with van der Waals surface area (Å²) in [5.41, 5.74) is 7.23. The average molecular weight is 253 g/mol. The van der Waals surface area contributed by atoms with E-state index in [9.17, 15) is 0 Å². The van der Waals surface area contributed by atoms with E-state index < -0.39 is 0 Å². The number of nitrogens with two attached hydrogens (primary N) is 1. The van der Waals surface area contributed by atoms with Crippen LogP contribution in [-0.4, -0.2) is 4.98 Å². The highest BCUT2D eigenvalue weighted by Gasteiger charge is 2.07. The second-order valence-electron chi connectivity index (χ2n) is 4.14. The lowest BCUT2D eigenvalue weighted by Crippen LogP contribution is -2.10. The molecule has 2 aromatic rings. The van der Waals surface area contributed by atoms with Gasteiger partial charge in [0.05, 0.1) is 17.5 Å². The van der Waals surface area contributed by atoms with Crippen molar-refractivity contribution in [2.24, 2.45) is 5.73 Å². The number of ether oxygens (including phenoxy) is 1. The molecule has 2 N–H and O–H groups in total. The molecule has 0 aliphatic rings. The monoisotopic (exact) mass is 253 g/mol. The number of aromatic nitrogens is 1. The van der Waals surface area contributed by atoms with Crippen LogP contribution < -0.4 is 10.5 Å². The van der Waals surface area contributed by atoms with Gasteiger partial charge in [0.1, 0.15) is 17.6 Å². The Morgan fingerprint density at radius 1 is 1.32 bits per heavy atom. The molecule has 0 amide bonds. The third-order valence-electron chi connectivity index (χ3n) is 2.81. The molecular formula is C15H15N3O. The smallest absolute Gasteiger partial charge is 0.145 e. The van der Waals surface area contributed by atoms with Crippen LogP contribution in [0, 0.1) is 11.3 Å². The zero-order valence-corrected chi connectivity index (χ0v) is 10.7. The Bertz CT molecular complexity index is 587. The molecule has 19 heavy (non-hydrogen) atoms. The van der Waals surface area contributed by atoms with Gasteiger partial charge in [-0.05, 0) is 30.7 Å². The molecule has 0 saturated carbocycles. The van der Waals surface area contributed by atoms with E-state index in [1.807, 2.05) is 25.1 Å². The van der Waals surface area contributed by atoms with E-state index in [1.54, 1.807) is 24.4 Å². The summed E-state index contributed by atoms with van der Waals surface area (Å²) in [5.74, 6) is 1.12. The minimum absolute atomic E-state index is 0.0551. The van der Waals surface area contributed by atoms with Crippen LogP contribution in [0.15, 0.2) is 42.6 Å². The van der Waals surface area contributed by atoms with E-state index >= 15 is 0 Å². The second kappa shape index (κ2) is 5.98. The van der Waals surface area contributed by atoms with E-state index in [0.717, 1.165) is 12.1 Å². The molecule has 0 spiro atoms. The van der Waals surface area contributed by atoms with Gasteiger partial charge in [-0.3, -0.25) is 4.98 Å². The Morgan fingerprint density at radius 3 is 2.74 bits per heavy atom. The van der Waals surface area contributed by atoms with E-state index in [2.05, 4.69) is 11.1 Å².